The molecule has 0 spiro atoms. The molecule has 12 heavy (non-hydrogen) atoms. The summed E-state index contributed by atoms with van der Waals surface area (Å²) in [6.45, 7) is 2.01. The van der Waals surface area contributed by atoms with Gasteiger partial charge in [-0.2, -0.15) is 0 Å². The van der Waals surface area contributed by atoms with Gasteiger partial charge in [-0.05, 0) is 0 Å². The number of benzene rings is 1. The molecular formula is C8H13O3P. The van der Waals surface area contributed by atoms with Crippen molar-refractivity contribution in [1.29, 1.82) is 0 Å². The van der Waals surface area contributed by atoms with E-state index in [1.165, 1.54) is 0 Å². The fourth-order valence-corrected chi connectivity index (χ4v) is 1.58. The van der Waals surface area contributed by atoms with Crippen LogP contribution in [-0.2, 0) is 6.42 Å². The van der Waals surface area contributed by atoms with Crippen molar-refractivity contribution in [2.75, 3.05) is 0 Å². The van der Waals surface area contributed by atoms with Gasteiger partial charge in [-0.25, -0.2) is 0 Å². The average Bonchev–Trinajstić information content (AvgIpc) is 2.03. The van der Waals surface area contributed by atoms with Crippen molar-refractivity contribution >= 4 is 13.2 Å². The Morgan fingerprint density at radius 3 is 1.92 bits per heavy atom. The van der Waals surface area contributed by atoms with Gasteiger partial charge in [0.05, 0.1) is 0 Å². The van der Waals surface area contributed by atoms with E-state index < -0.39 is 7.94 Å². The normalized spacial score (nSPS) is 13.0. The fourth-order valence-electron chi connectivity index (χ4n) is 0.964. The van der Waals surface area contributed by atoms with Gasteiger partial charge >= 0.3 is 71.1 Å². The van der Waals surface area contributed by atoms with Crippen LogP contribution in [0.15, 0.2) is 24.3 Å². The first-order valence-electron chi connectivity index (χ1n) is 3.80. The molecule has 0 fully saturated rings. The molecule has 3 nitrogen and oxygen atoms in total. The van der Waals surface area contributed by atoms with Gasteiger partial charge in [-0.15, -0.1) is 0 Å². The molecule has 0 bridgehead atoms. The molecule has 0 amide bonds. The summed E-state index contributed by atoms with van der Waals surface area (Å²) in [5.74, 6) is 0. The van der Waals surface area contributed by atoms with Gasteiger partial charge in [-0.1, -0.05) is 0 Å². The predicted octanol–water partition coefficient (Wildman–Crippen LogP) is 0.346. The molecule has 0 aliphatic rings. The van der Waals surface area contributed by atoms with Crippen LogP contribution in [-0.4, -0.2) is 14.7 Å². The van der Waals surface area contributed by atoms with Crippen molar-refractivity contribution in [3.8, 4) is 0 Å². The van der Waals surface area contributed by atoms with E-state index in [0.29, 0.717) is 0 Å². The molecule has 0 aliphatic heterocycles. The molecule has 0 aliphatic carbocycles. The first-order chi connectivity index (χ1) is 5.54. The molecule has 0 heterocycles. The Morgan fingerprint density at radius 2 is 1.58 bits per heavy atom. The Bertz CT molecular complexity index is 250. The second-order valence-corrected chi connectivity index (χ2v) is 4.53. The number of hydrogen-bond donors (Lipinski definition) is 3. The Kier molecular flexibility index (Phi) is 2.80. The summed E-state index contributed by atoms with van der Waals surface area (Å²) in [4.78, 5) is 26.7. The summed E-state index contributed by atoms with van der Waals surface area (Å²) in [5.41, 5.74) is 1.11. The second-order valence-electron chi connectivity index (χ2n) is 2.69. The summed E-state index contributed by atoms with van der Waals surface area (Å²) in [5, 5.41) is 0.222. The zero-order chi connectivity index (χ0) is 9.19. The van der Waals surface area contributed by atoms with Crippen molar-refractivity contribution < 1.29 is 14.7 Å². The van der Waals surface area contributed by atoms with Crippen LogP contribution in [0, 0.1) is 0 Å². The first-order valence-corrected chi connectivity index (χ1v) is 5.64. The van der Waals surface area contributed by atoms with E-state index in [1.54, 1.807) is 24.3 Å². The number of rotatable bonds is 2. The quantitative estimate of drug-likeness (QED) is 0.587. The molecule has 68 valence electrons. The zero-order valence-corrected chi connectivity index (χ0v) is 7.86. The second kappa shape index (κ2) is 3.50. The third kappa shape index (κ3) is 2.26. The Balaban J connectivity index is 2.93. The van der Waals surface area contributed by atoms with E-state index >= 15 is 0 Å². The Morgan fingerprint density at radius 1 is 1.08 bits per heavy atom. The molecule has 4 heteroatoms. The predicted molar refractivity (Wildman–Crippen MR) is 50.4 cm³/mol. The number of hydrogen-bond acceptors (Lipinski definition) is 3. The monoisotopic (exact) mass is 188 g/mol. The van der Waals surface area contributed by atoms with Crippen LogP contribution >= 0.6 is 7.94 Å². The van der Waals surface area contributed by atoms with Crippen molar-refractivity contribution in [1.82, 2.24) is 0 Å². The summed E-state index contributed by atoms with van der Waals surface area (Å²) in [6, 6.07) is 6.65. The Hall–Kier alpha value is -0.470. The molecule has 0 atom stereocenters. The van der Waals surface area contributed by atoms with Gasteiger partial charge in [0.1, 0.15) is 0 Å². The van der Waals surface area contributed by atoms with Crippen LogP contribution in [0.3, 0.4) is 0 Å². The minimum atomic E-state index is -4.07. The van der Waals surface area contributed by atoms with E-state index in [-0.39, 0.29) is 5.30 Å². The van der Waals surface area contributed by atoms with E-state index in [1.807, 2.05) is 6.92 Å². The molecular weight excluding hydrogens is 175 g/mol. The first kappa shape index (κ1) is 9.62. The molecule has 0 radical (unpaired) electrons. The summed E-state index contributed by atoms with van der Waals surface area (Å²) in [6.07, 6.45) is 0.900. The van der Waals surface area contributed by atoms with E-state index in [0.717, 1.165) is 12.0 Å². The summed E-state index contributed by atoms with van der Waals surface area (Å²) < 4.78 is 0. The van der Waals surface area contributed by atoms with Crippen molar-refractivity contribution in [3.63, 3.8) is 0 Å². The van der Waals surface area contributed by atoms with E-state index in [9.17, 15) is 0 Å². The van der Waals surface area contributed by atoms with Gasteiger partial charge in [-0.3, -0.25) is 0 Å². The molecule has 1 aromatic carbocycles. The topological polar surface area (TPSA) is 60.7 Å². The Labute approximate surface area is 71.9 Å². The van der Waals surface area contributed by atoms with Gasteiger partial charge in [0, 0.05) is 0 Å². The van der Waals surface area contributed by atoms with Crippen LogP contribution in [0.5, 0.6) is 0 Å². The molecule has 1 aromatic rings. The van der Waals surface area contributed by atoms with Gasteiger partial charge in [0.25, 0.3) is 0 Å². The van der Waals surface area contributed by atoms with Crippen molar-refractivity contribution in [2.45, 2.75) is 13.3 Å². The molecule has 0 aromatic heterocycles. The van der Waals surface area contributed by atoms with Crippen molar-refractivity contribution in [2.24, 2.45) is 0 Å². The van der Waals surface area contributed by atoms with Crippen molar-refractivity contribution in [3.05, 3.63) is 29.8 Å². The molecule has 3 N–H and O–H groups in total. The maximum atomic E-state index is 8.90. The van der Waals surface area contributed by atoms with Gasteiger partial charge in [0.2, 0.25) is 0 Å². The standard InChI is InChI=1S/C8H13O3P/c1-2-7-3-5-8(6-4-7)12(9,10)11/h3-6,9-12H,2H2,1H3. The van der Waals surface area contributed by atoms with Crippen LogP contribution in [0.4, 0.5) is 0 Å². The average molecular weight is 188 g/mol. The zero-order valence-electron chi connectivity index (χ0n) is 6.86. The summed E-state index contributed by atoms with van der Waals surface area (Å²) >= 11 is 0. The SMILES string of the molecule is CCc1ccc([PH](O)(O)O)cc1. The number of aryl methyl sites for hydroxylation is 1. The minimum absolute atomic E-state index is 0.222. The van der Waals surface area contributed by atoms with Crippen LogP contribution in [0.1, 0.15) is 12.5 Å². The fraction of sp³-hybridized carbons (Fsp3) is 0.250. The molecule has 0 saturated heterocycles. The summed E-state index contributed by atoms with van der Waals surface area (Å²) in [7, 11) is -4.07. The van der Waals surface area contributed by atoms with E-state index in [4.69, 9.17) is 14.7 Å². The van der Waals surface area contributed by atoms with E-state index in [2.05, 4.69) is 0 Å². The molecule has 0 saturated carbocycles. The van der Waals surface area contributed by atoms with Gasteiger partial charge < -0.3 is 0 Å². The molecule has 0 unspecified atom stereocenters. The third-order valence-corrected chi connectivity index (χ3v) is 2.86. The van der Waals surface area contributed by atoms with Crippen LogP contribution < -0.4 is 5.30 Å². The van der Waals surface area contributed by atoms with Gasteiger partial charge in [0.15, 0.2) is 0 Å². The molecule has 1 rings (SSSR count). The van der Waals surface area contributed by atoms with Crippen LogP contribution in [0.25, 0.3) is 0 Å². The maximum absolute atomic E-state index is 8.90. The third-order valence-electron chi connectivity index (χ3n) is 1.75. The van der Waals surface area contributed by atoms with Crippen LogP contribution in [0.2, 0.25) is 0 Å².